The molecule has 1 aromatic heterocycles. The van der Waals surface area contributed by atoms with Gasteiger partial charge in [-0.05, 0) is 0 Å². The molecule has 3 rings (SSSR count). The summed E-state index contributed by atoms with van der Waals surface area (Å²) < 4.78 is 12.4. The van der Waals surface area contributed by atoms with Crippen LogP contribution in [0.3, 0.4) is 0 Å². The summed E-state index contributed by atoms with van der Waals surface area (Å²) in [5.74, 6) is 1.62. The van der Waals surface area contributed by atoms with Crippen LogP contribution in [0.5, 0.6) is 11.5 Å². The quantitative estimate of drug-likeness (QED) is 0.861. The fourth-order valence-electron chi connectivity index (χ4n) is 2.60. The first-order chi connectivity index (χ1) is 9.63. The van der Waals surface area contributed by atoms with Gasteiger partial charge in [0.15, 0.2) is 11.5 Å². The van der Waals surface area contributed by atoms with Gasteiger partial charge in [-0.1, -0.05) is 0 Å². The number of nitrogens with zero attached hydrogens (tertiary/aromatic N) is 2. The third kappa shape index (κ3) is 1.82. The highest BCUT2D eigenvalue weighted by Crippen LogP contribution is 2.35. The molecule has 3 N–H and O–H groups in total. The van der Waals surface area contributed by atoms with Gasteiger partial charge in [-0.2, -0.15) is 0 Å². The van der Waals surface area contributed by atoms with Crippen LogP contribution in [-0.2, 0) is 4.79 Å². The number of anilines is 1. The Balaban J connectivity index is 2.16. The van der Waals surface area contributed by atoms with Crippen LogP contribution in [0.25, 0.3) is 11.0 Å². The number of aromatic nitrogens is 2. The van der Waals surface area contributed by atoms with E-state index in [-0.39, 0.29) is 11.9 Å². The van der Waals surface area contributed by atoms with Crippen LogP contribution in [-0.4, -0.2) is 36.2 Å². The molecule has 1 aromatic carbocycles. The van der Waals surface area contributed by atoms with Crippen LogP contribution in [0.15, 0.2) is 12.1 Å². The minimum absolute atomic E-state index is 0.0226. The highest BCUT2D eigenvalue weighted by atomic mass is 16.5. The number of hydrogen-bond acceptors (Lipinski definition) is 5. The number of nitrogens with two attached hydrogens (primary N) is 1. The van der Waals surface area contributed by atoms with E-state index in [9.17, 15) is 4.79 Å². The zero-order valence-corrected chi connectivity index (χ0v) is 11.3. The summed E-state index contributed by atoms with van der Waals surface area (Å²) in [6.07, 6.45) is 0.407. The molecule has 2 heterocycles. The molecule has 1 fully saturated rings. The lowest BCUT2D eigenvalue weighted by atomic mass is 10.2. The Kier molecular flexibility index (Phi) is 2.89. The second-order valence-electron chi connectivity index (χ2n) is 4.70. The predicted molar refractivity (Wildman–Crippen MR) is 73.9 cm³/mol. The molecule has 0 aliphatic carbocycles. The number of imidazole rings is 1. The molecule has 20 heavy (non-hydrogen) atoms. The van der Waals surface area contributed by atoms with Crippen molar-refractivity contribution in [1.29, 1.82) is 0 Å². The Hall–Kier alpha value is -2.44. The Labute approximate surface area is 115 Å². The van der Waals surface area contributed by atoms with Crippen LogP contribution in [0.4, 0.5) is 5.95 Å². The first-order valence-corrected chi connectivity index (χ1v) is 6.30. The molecule has 0 saturated carbocycles. The number of fused-ring (bicyclic) bond motifs is 1. The first kappa shape index (κ1) is 12.6. The zero-order valence-electron chi connectivity index (χ0n) is 11.3. The monoisotopic (exact) mass is 276 g/mol. The maximum atomic E-state index is 11.4. The third-order valence-electron chi connectivity index (χ3n) is 3.54. The van der Waals surface area contributed by atoms with Gasteiger partial charge in [0, 0.05) is 25.1 Å². The molecule has 7 nitrogen and oxygen atoms in total. The fraction of sp³-hybridized carbons (Fsp3) is 0.385. The molecule has 7 heteroatoms. The summed E-state index contributed by atoms with van der Waals surface area (Å²) in [5, 5.41) is 2.80. The maximum Gasteiger partial charge on any atom is 0.222 e. The van der Waals surface area contributed by atoms with E-state index in [0.717, 1.165) is 11.0 Å². The number of amides is 1. The van der Waals surface area contributed by atoms with E-state index in [0.29, 0.717) is 30.4 Å². The van der Waals surface area contributed by atoms with E-state index in [1.54, 1.807) is 20.3 Å². The standard InChI is InChI=1S/C13H16N4O3/c1-19-10-4-8-9(5-11(10)20-2)17(13(14)16-8)7-3-12(18)15-6-7/h4-5,7H,3,6H2,1-2H3,(H2,14,16)(H,15,18). The lowest BCUT2D eigenvalue weighted by Crippen LogP contribution is -2.16. The smallest absolute Gasteiger partial charge is 0.222 e. The molecule has 1 aliphatic rings. The molecule has 1 amide bonds. The van der Waals surface area contributed by atoms with Gasteiger partial charge in [-0.25, -0.2) is 4.98 Å². The van der Waals surface area contributed by atoms with Gasteiger partial charge >= 0.3 is 0 Å². The van der Waals surface area contributed by atoms with Gasteiger partial charge in [-0.3, -0.25) is 4.79 Å². The Bertz CT molecular complexity index is 680. The molecular weight excluding hydrogens is 260 g/mol. The summed E-state index contributed by atoms with van der Waals surface area (Å²) in [7, 11) is 3.15. The summed E-state index contributed by atoms with van der Waals surface area (Å²) in [6, 6.07) is 3.59. The molecular formula is C13H16N4O3. The van der Waals surface area contributed by atoms with Gasteiger partial charge in [0.25, 0.3) is 0 Å². The summed E-state index contributed by atoms with van der Waals surface area (Å²) in [4.78, 5) is 15.7. The van der Waals surface area contributed by atoms with Crippen LogP contribution in [0.2, 0.25) is 0 Å². The van der Waals surface area contributed by atoms with Gasteiger partial charge in [-0.15, -0.1) is 0 Å². The van der Waals surface area contributed by atoms with Crippen LogP contribution >= 0.6 is 0 Å². The van der Waals surface area contributed by atoms with Crippen molar-refractivity contribution in [2.24, 2.45) is 0 Å². The maximum absolute atomic E-state index is 11.4. The topological polar surface area (TPSA) is 91.4 Å². The van der Waals surface area contributed by atoms with Crippen molar-refractivity contribution < 1.29 is 14.3 Å². The van der Waals surface area contributed by atoms with Crippen molar-refractivity contribution in [3.05, 3.63) is 12.1 Å². The molecule has 0 bridgehead atoms. The molecule has 1 atom stereocenters. The Morgan fingerprint density at radius 3 is 2.65 bits per heavy atom. The number of hydrogen-bond donors (Lipinski definition) is 2. The van der Waals surface area contributed by atoms with Crippen molar-refractivity contribution in [3.63, 3.8) is 0 Å². The first-order valence-electron chi connectivity index (χ1n) is 6.30. The number of nitrogens with one attached hydrogen (secondary N) is 1. The number of rotatable bonds is 3. The van der Waals surface area contributed by atoms with Gasteiger partial charge < -0.3 is 25.1 Å². The zero-order chi connectivity index (χ0) is 14.3. The molecule has 106 valence electrons. The minimum Gasteiger partial charge on any atom is -0.493 e. The normalized spacial score (nSPS) is 18.3. The van der Waals surface area contributed by atoms with E-state index in [2.05, 4.69) is 10.3 Å². The summed E-state index contributed by atoms with van der Waals surface area (Å²) in [5.41, 5.74) is 7.55. The van der Waals surface area contributed by atoms with Crippen molar-refractivity contribution in [3.8, 4) is 11.5 Å². The minimum atomic E-state index is -0.0226. The van der Waals surface area contributed by atoms with E-state index >= 15 is 0 Å². The predicted octanol–water partition coefficient (Wildman–Crippen LogP) is 0.697. The van der Waals surface area contributed by atoms with Crippen molar-refractivity contribution in [2.75, 3.05) is 26.5 Å². The number of ether oxygens (including phenoxy) is 2. The number of nitrogen functional groups attached to an aromatic ring is 1. The third-order valence-corrected chi connectivity index (χ3v) is 3.54. The second kappa shape index (κ2) is 4.59. The molecule has 1 unspecified atom stereocenters. The molecule has 1 aliphatic heterocycles. The molecule has 0 radical (unpaired) electrons. The number of benzene rings is 1. The highest BCUT2D eigenvalue weighted by Gasteiger charge is 2.27. The Morgan fingerprint density at radius 1 is 1.35 bits per heavy atom. The van der Waals surface area contributed by atoms with Crippen LogP contribution in [0, 0.1) is 0 Å². The average molecular weight is 276 g/mol. The highest BCUT2D eigenvalue weighted by molar-refractivity contribution is 5.84. The van der Waals surface area contributed by atoms with E-state index < -0.39 is 0 Å². The SMILES string of the molecule is COc1cc2nc(N)n(C3CNC(=O)C3)c2cc1OC. The van der Waals surface area contributed by atoms with E-state index in [1.165, 1.54) is 0 Å². The second-order valence-corrected chi connectivity index (χ2v) is 4.70. The van der Waals surface area contributed by atoms with Gasteiger partial charge in [0.05, 0.1) is 31.3 Å². The van der Waals surface area contributed by atoms with E-state index in [4.69, 9.17) is 15.2 Å². The van der Waals surface area contributed by atoms with Crippen molar-refractivity contribution >= 4 is 22.9 Å². The fourth-order valence-corrected chi connectivity index (χ4v) is 2.60. The van der Waals surface area contributed by atoms with Gasteiger partial charge in [0.1, 0.15) is 0 Å². The average Bonchev–Trinajstić information content (AvgIpc) is 2.99. The molecule has 1 saturated heterocycles. The van der Waals surface area contributed by atoms with Crippen molar-refractivity contribution in [2.45, 2.75) is 12.5 Å². The molecule has 0 spiro atoms. The van der Waals surface area contributed by atoms with E-state index in [1.807, 2.05) is 10.6 Å². The summed E-state index contributed by atoms with van der Waals surface area (Å²) in [6.45, 7) is 0.558. The summed E-state index contributed by atoms with van der Waals surface area (Å²) >= 11 is 0. The largest absolute Gasteiger partial charge is 0.493 e. The van der Waals surface area contributed by atoms with Gasteiger partial charge in [0.2, 0.25) is 11.9 Å². The number of carbonyl (C=O) groups excluding carboxylic acids is 1. The van der Waals surface area contributed by atoms with Crippen molar-refractivity contribution in [1.82, 2.24) is 14.9 Å². The molecule has 2 aromatic rings. The van der Waals surface area contributed by atoms with Crippen LogP contribution < -0.4 is 20.5 Å². The lowest BCUT2D eigenvalue weighted by Gasteiger charge is -2.13. The Morgan fingerprint density at radius 2 is 2.05 bits per heavy atom. The number of methoxy groups -OCH3 is 2. The lowest BCUT2D eigenvalue weighted by molar-refractivity contribution is -0.119. The number of carbonyl (C=O) groups is 1. The van der Waals surface area contributed by atoms with Crippen LogP contribution in [0.1, 0.15) is 12.5 Å².